The molecule has 1 heterocycles. The summed E-state index contributed by atoms with van der Waals surface area (Å²) in [5, 5.41) is 0. The van der Waals surface area contributed by atoms with Crippen molar-refractivity contribution in [1.82, 2.24) is 15.8 Å². The fraction of sp³-hybridized carbons (Fsp3) is 0.556. The zero-order chi connectivity index (χ0) is 16.8. The van der Waals surface area contributed by atoms with Crippen molar-refractivity contribution < 1.29 is 9.59 Å². The van der Waals surface area contributed by atoms with Crippen molar-refractivity contribution >= 4 is 11.8 Å². The fourth-order valence-corrected chi connectivity index (χ4v) is 2.73. The van der Waals surface area contributed by atoms with E-state index in [9.17, 15) is 9.59 Å². The topological polar surface area (TPSA) is 61.4 Å². The van der Waals surface area contributed by atoms with Crippen LogP contribution in [-0.4, -0.2) is 29.8 Å². The second-order valence-corrected chi connectivity index (χ2v) is 6.46. The number of benzene rings is 1. The van der Waals surface area contributed by atoms with E-state index in [0.29, 0.717) is 18.9 Å². The minimum atomic E-state index is 0.0189. The lowest BCUT2D eigenvalue weighted by Gasteiger charge is -2.27. The van der Waals surface area contributed by atoms with Crippen LogP contribution >= 0.6 is 0 Å². The maximum atomic E-state index is 12.2. The highest BCUT2D eigenvalue weighted by atomic mass is 16.2. The van der Waals surface area contributed by atoms with E-state index in [1.54, 1.807) is 0 Å². The van der Waals surface area contributed by atoms with Crippen molar-refractivity contribution in [3.05, 3.63) is 34.9 Å². The summed E-state index contributed by atoms with van der Waals surface area (Å²) in [6, 6.07) is 5.91. The number of carbonyl (C=O) groups is 2. The third-order valence-electron chi connectivity index (χ3n) is 4.19. The van der Waals surface area contributed by atoms with E-state index in [1.165, 1.54) is 0 Å². The Morgan fingerprint density at radius 3 is 2.83 bits per heavy atom. The number of likely N-dealkylation sites (N-methyl/N-ethyl adjacent to an activating group) is 1. The van der Waals surface area contributed by atoms with E-state index in [-0.39, 0.29) is 11.8 Å². The average Bonchev–Trinajstić information content (AvgIpc) is 2.53. The number of fused-ring (bicyclic) bond motifs is 1. The molecular weight excluding hydrogens is 290 g/mol. The van der Waals surface area contributed by atoms with E-state index in [2.05, 4.69) is 30.8 Å². The molecule has 5 nitrogen and oxygen atoms in total. The van der Waals surface area contributed by atoms with Crippen LogP contribution in [0.25, 0.3) is 0 Å². The van der Waals surface area contributed by atoms with Crippen LogP contribution in [0, 0.1) is 5.92 Å². The van der Waals surface area contributed by atoms with Gasteiger partial charge in [-0.25, -0.2) is 5.43 Å². The number of hydrogen-bond acceptors (Lipinski definition) is 3. The van der Waals surface area contributed by atoms with Gasteiger partial charge in [0.25, 0.3) is 5.91 Å². The van der Waals surface area contributed by atoms with Gasteiger partial charge in [-0.05, 0) is 42.9 Å². The maximum Gasteiger partial charge on any atom is 0.254 e. The van der Waals surface area contributed by atoms with E-state index in [4.69, 9.17) is 0 Å². The molecule has 2 amide bonds. The molecule has 5 heteroatoms. The molecule has 0 unspecified atom stereocenters. The van der Waals surface area contributed by atoms with E-state index in [1.807, 2.05) is 24.0 Å². The summed E-state index contributed by atoms with van der Waals surface area (Å²) in [5.74, 6) is 0.669. The van der Waals surface area contributed by atoms with Crippen LogP contribution in [0.2, 0.25) is 0 Å². The highest BCUT2D eigenvalue weighted by Crippen LogP contribution is 2.20. The molecule has 0 saturated heterocycles. The van der Waals surface area contributed by atoms with Crippen LogP contribution in [0.4, 0.5) is 0 Å². The highest BCUT2D eigenvalue weighted by Gasteiger charge is 2.22. The highest BCUT2D eigenvalue weighted by molar-refractivity contribution is 5.96. The predicted molar refractivity (Wildman–Crippen MR) is 90.8 cm³/mol. The molecule has 1 aromatic carbocycles. The van der Waals surface area contributed by atoms with Crippen LogP contribution in [0.15, 0.2) is 18.2 Å². The predicted octanol–water partition coefficient (Wildman–Crippen LogP) is 2.26. The summed E-state index contributed by atoms with van der Waals surface area (Å²) in [7, 11) is 0. The Morgan fingerprint density at radius 1 is 1.35 bits per heavy atom. The Balaban J connectivity index is 1.86. The molecule has 0 fully saturated rings. The van der Waals surface area contributed by atoms with Crippen LogP contribution in [0.3, 0.4) is 0 Å². The zero-order valence-corrected chi connectivity index (χ0v) is 14.3. The van der Waals surface area contributed by atoms with Gasteiger partial charge in [0.2, 0.25) is 5.91 Å². The van der Waals surface area contributed by atoms with Gasteiger partial charge in [0.15, 0.2) is 0 Å². The third-order valence-corrected chi connectivity index (χ3v) is 4.19. The van der Waals surface area contributed by atoms with Crippen molar-refractivity contribution in [1.29, 1.82) is 0 Å². The molecule has 126 valence electrons. The third kappa shape index (κ3) is 4.79. The van der Waals surface area contributed by atoms with Gasteiger partial charge in [-0.3, -0.25) is 15.0 Å². The normalized spacial score (nSPS) is 14.1. The molecule has 23 heavy (non-hydrogen) atoms. The smallest absolute Gasteiger partial charge is 0.254 e. The molecule has 0 saturated carbocycles. The molecule has 0 aromatic heterocycles. The summed E-state index contributed by atoms with van der Waals surface area (Å²) < 4.78 is 0. The molecule has 0 radical (unpaired) electrons. The van der Waals surface area contributed by atoms with Gasteiger partial charge < -0.3 is 4.90 Å². The first kappa shape index (κ1) is 17.5. The molecule has 0 aliphatic carbocycles. The summed E-state index contributed by atoms with van der Waals surface area (Å²) in [6.45, 7) is 8.31. The van der Waals surface area contributed by atoms with Crippen molar-refractivity contribution in [2.45, 2.75) is 46.6 Å². The number of nitrogens with zero attached hydrogens (tertiary/aromatic N) is 1. The molecule has 0 bridgehead atoms. The van der Waals surface area contributed by atoms with Crippen molar-refractivity contribution in [3.63, 3.8) is 0 Å². The Kier molecular flexibility index (Phi) is 6.16. The van der Waals surface area contributed by atoms with Gasteiger partial charge in [-0.15, -0.1) is 0 Å². The molecule has 0 spiro atoms. The maximum absolute atomic E-state index is 12.2. The number of hydrazine groups is 1. The number of nitrogens with one attached hydrogen (secondary N) is 2. The number of amides is 2. The lowest BCUT2D eigenvalue weighted by atomic mass is 9.96. The second kappa shape index (κ2) is 8.11. The molecule has 1 aromatic rings. The van der Waals surface area contributed by atoms with Gasteiger partial charge in [0, 0.05) is 31.6 Å². The Bertz CT molecular complexity index is 569. The molecule has 2 rings (SSSR count). The SMILES string of the molecule is CCN1CCc2cc(CNNC(=O)CCC(C)C)ccc2C1=O. The summed E-state index contributed by atoms with van der Waals surface area (Å²) >= 11 is 0. The van der Waals surface area contributed by atoms with E-state index < -0.39 is 0 Å². The van der Waals surface area contributed by atoms with Crippen LogP contribution in [-0.2, 0) is 17.8 Å². The van der Waals surface area contributed by atoms with Gasteiger partial charge in [-0.1, -0.05) is 26.0 Å². The largest absolute Gasteiger partial charge is 0.339 e. The molecule has 1 aliphatic rings. The van der Waals surface area contributed by atoms with Gasteiger partial charge in [-0.2, -0.15) is 0 Å². The minimum absolute atomic E-state index is 0.0189. The van der Waals surface area contributed by atoms with Gasteiger partial charge >= 0.3 is 0 Å². The Hall–Kier alpha value is -1.88. The summed E-state index contributed by atoms with van der Waals surface area (Å²) in [4.78, 5) is 25.8. The quantitative estimate of drug-likeness (QED) is 0.758. The van der Waals surface area contributed by atoms with Crippen LogP contribution in [0.5, 0.6) is 0 Å². The summed E-state index contributed by atoms with van der Waals surface area (Å²) in [6.07, 6.45) is 2.32. The first-order valence-corrected chi connectivity index (χ1v) is 8.44. The fourth-order valence-electron chi connectivity index (χ4n) is 2.73. The Morgan fingerprint density at radius 2 is 2.13 bits per heavy atom. The lowest BCUT2D eigenvalue weighted by Crippen LogP contribution is -2.38. The Labute approximate surface area is 138 Å². The van der Waals surface area contributed by atoms with Crippen LogP contribution in [0.1, 0.15) is 55.1 Å². The van der Waals surface area contributed by atoms with Gasteiger partial charge in [0.05, 0.1) is 0 Å². The second-order valence-electron chi connectivity index (χ2n) is 6.46. The van der Waals surface area contributed by atoms with Crippen molar-refractivity contribution in [2.75, 3.05) is 13.1 Å². The molecule has 2 N–H and O–H groups in total. The lowest BCUT2D eigenvalue weighted by molar-refractivity contribution is -0.122. The minimum Gasteiger partial charge on any atom is -0.339 e. The van der Waals surface area contributed by atoms with Crippen molar-refractivity contribution in [3.8, 4) is 0 Å². The number of hydrogen-bond donors (Lipinski definition) is 2. The summed E-state index contributed by atoms with van der Waals surface area (Å²) in [5.41, 5.74) is 8.68. The molecule has 0 atom stereocenters. The van der Waals surface area contributed by atoms with E-state index in [0.717, 1.165) is 42.6 Å². The molecule has 1 aliphatic heterocycles. The van der Waals surface area contributed by atoms with Gasteiger partial charge in [0.1, 0.15) is 0 Å². The standard InChI is InChI=1S/C18H27N3O2/c1-4-21-10-9-15-11-14(6-7-16(15)18(21)23)12-19-20-17(22)8-5-13(2)3/h6-7,11,13,19H,4-5,8-10,12H2,1-3H3,(H,20,22). The molecular formula is C18H27N3O2. The first-order chi connectivity index (χ1) is 11.0. The van der Waals surface area contributed by atoms with Crippen molar-refractivity contribution in [2.24, 2.45) is 5.92 Å². The zero-order valence-electron chi connectivity index (χ0n) is 14.3. The number of carbonyl (C=O) groups excluding carboxylic acids is 2. The average molecular weight is 317 g/mol. The first-order valence-electron chi connectivity index (χ1n) is 8.44. The van der Waals surface area contributed by atoms with Crippen LogP contribution < -0.4 is 10.9 Å². The monoisotopic (exact) mass is 317 g/mol. The van der Waals surface area contributed by atoms with E-state index >= 15 is 0 Å². The number of rotatable bonds is 7.